The monoisotopic (exact) mass is 345 g/mol. The van der Waals surface area contributed by atoms with Gasteiger partial charge in [0.1, 0.15) is 5.69 Å². The van der Waals surface area contributed by atoms with Crippen LogP contribution < -0.4 is 20.1 Å². The van der Waals surface area contributed by atoms with Gasteiger partial charge in [-0.1, -0.05) is 6.07 Å². The molecule has 0 aliphatic rings. The van der Waals surface area contributed by atoms with Crippen molar-refractivity contribution in [3.8, 4) is 11.5 Å². The molecule has 25 heavy (non-hydrogen) atoms. The normalized spacial score (nSPS) is 10.2. The molecule has 7 nitrogen and oxygen atoms in total. The highest BCUT2D eigenvalue weighted by molar-refractivity contribution is 5.93. The van der Waals surface area contributed by atoms with Crippen LogP contribution in [-0.2, 0) is 11.3 Å². The van der Waals surface area contributed by atoms with Crippen molar-refractivity contribution in [3.63, 3.8) is 0 Å². The molecule has 0 fully saturated rings. The molecule has 0 spiro atoms. The van der Waals surface area contributed by atoms with Gasteiger partial charge >= 0.3 is 0 Å². The average molecular weight is 345 g/mol. The van der Waals surface area contributed by atoms with Gasteiger partial charge in [0.05, 0.1) is 20.8 Å². The number of ether oxygens (including phenoxy) is 3. The molecular formula is C18H23N3O4. The third kappa shape index (κ3) is 5.36. The fraction of sp³-hybridized carbons (Fsp3) is 0.333. The van der Waals surface area contributed by atoms with Gasteiger partial charge in [0.15, 0.2) is 11.5 Å². The molecular weight excluding hydrogens is 322 g/mol. The lowest BCUT2D eigenvalue weighted by molar-refractivity contribution is 0.0932. The minimum absolute atomic E-state index is 0.230. The molecule has 134 valence electrons. The number of carbonyl (C=O) groups excluding carboxylic acids is 1. The van der Waals surface area contributed by atoms with E-state index in [1.807, 2.05) is 24.3 Å². The van der Waals surface area contributed by atoms with Gasteiger partial charge in [0.2, 0.25) is 0 Å². The Hall–Kier alpha value is -2.80. The van der Waals surface area contributed by atoms with Crippen LogP contribution in [0.3, 0.4) is 0 Å². The third-order valence-corrected chi connectivity index (χ3v) is 3.53. The van der Waals surface area contributed by atoms with Gasteiger partial charge in [-0.05, 0) is 29.8 Å². The molecule has 0 bridgehead atoms. The summed E-state index contributed by atoms with van der Waals surface area (Å²) in [5, 5.41) is 6.02. The summed E-state index contributed by atoms with van der Waals surface area (Å²) in [4.78, 5) is 16.1. The van der Waals surface area contributed by atoms with E-state index in [1.54, 1.807) is 33.6 Å². The van der Waals surface area contributed by atoms with E-state index < -0.39 is 0 Å². The summed E-state index contributed by atoms with van der Waals surface area (Å²) in [7, 11) is 4.79. The molecule has 1 heterocycles. The fourth-order valence-electron chi connectivity index (χ4n) is 2.22. The molecule has 2 N–H and O–H groups in total. The Labute approximate surface area is 147 Å². The van der Waals surface area contributed by atoms with Gasteiger partial charge < -0.3 is 24.8 Å². The van der Waals surface area contributed by atoms with Crippen LogP contribution >= 0.6 is 0 Å². The van der Waals surface area contributed by atoms with Crippen molar-refractivity contribution in [2.24, 2.45) is 0 Å². The maximum absolute atomic E-state index is 12.0. The molecule has 1 aromatic carbocycles. The second-order valence-electron chi connectivity index (χ2n) is 5.22. The van der Waals surface area contributed by atoms with Gasteiger partial charge in [-0.3, -0.25) is 9.78 Å². The van der Waals surface area contributed by atoms with E-state index in [-0.39, 0.29) is 5.91 Å². The van der Waals surface area contributed by atoms with Crippen molar-refractivity contribution in [1.29, 1.82) is 0 Å². The third-order valence-electron chi connectivity index (χ3n) is 3.53. The molecule has 0 saturated heterocycles. The summed E-state index contributed by atoms with van der Waals surface area (Å²) in [6, 6.07) is 9.24. The first kappa shape index (κ1) is 18.5. The number of amides is 1. The number of nitrogens with zero attached hydrogens (tertiary/aromatic N) is 1. The Morgan fingerprint density at radius 2 is 1.88 bits per heavy atom. The van der Waals surface area contributed by atoms with E-state index >= 15 is 0 Å². The lowest BCUT2D eigenvalue weighted by Gasteiger charge is -2.11. The van der Waals surface area contributed by atoms with E-state index in [2.05, 4.69) is 15.6 Å². The summed E-state index contributed by atoms with van der Waals surface area (Å²) < 4.78 is 15.4. The quantitative estimate of drug-likeness (QED) is 0.677. The van der Waals surface area contributed by atoms with Crippen LogP contribution in [0.25, 0.3) is 0 Å². The Morgan fingerprint density at radius 3 is 2.60 bits per heavy atom. The SMILES string of the molecule is COCCNC(=O)c1cc(NCc2ccc(OC)c(OC)c2)ccn1. The Morgan fingerprint density at radius 1 is 1.08 bits per heavy atom. The number of anilines is 1. The molecule has 1 aromatic heterocycles. The molecule has 2 rings (SSSR count). The molecule has 1 amide bonds. The topological polar surface area (TPSA) is 81.7 Å². The summed E-state index contributed by atoms with van der Waals surface area (Å²) in [5.41, 5.74) is 2.19. The first-order valence-electron chi connectivity index (χ1n) is 7.86. The number of rotatable bonds is 9. The molecule has 0 unspecified atom stereocenters. The molecule has 0 radical (unpaired) electrons. The van der Waals surface area contributed by atoms with Crippen molar-refractivity contribution < 1.29 is 19.0 Å². The summed E-state index contributed by atoms with van der Waals surface area (Å²) in [6.07, 6.45) is 1.60. The van der Waals surface area contributed by atoms with Crippen molar-refractivity contribution in [1.82, 2.24) is 10.3 Å². The van der Waals surface area contributed by atoms with Crippen molar-refractivity contribution >= 4 is 11.6 Å². The predicted octanol–water partition coefficient (Wildman–Crippen LogP) is 2.09. The van der Waals surface area contributed by atoms with Crippen molar-refractivity contribution in [2.45, 2.75) is 6.54 Å². The van der Waals surface area contributed by atoms with Crippen LogP contribution in [0, 0.1) is 0 Å². The average Bonchev–Trinajstić information content (AvgIpc) is 2.66. The zero-order valence-corrected chi connectivity index (χ0v) is 14.7. The Balaban J connectivity index is 1.99. The first-order chi connectivity index (χ1) is 12.2. The number of carbonyl (C=O) groups is 1. The van der Waals surface area contributed by atoms with Crippen LogP contribution in [0.1, 0.15) is 16.1 Å². The maximum atomic E-state index is 12.0. The molecule has 0 aliphatic carbocycles. The molecule has 0 atom stereocenters. The van der Waals surface area contributed by atoms with E-state index in [9.17, 15) is 4.79 Å². The number of hydrogen-bond acceptors (Lipinski definition) is 6. The van der Waals surface area contributed by atoms with Gasteiger partial charge in [-0.15, -0.1) is 0 Å². The second-order valence-corrected chi connectivity index (χ2v) is 5.22. The first-order valence-corrected chi connectivity index (χ1v) is 7.86. The minimum atomic E-state index is -0.230. The highest BCUT2D eigenvalue weighted by Gasteiger charge is 2.08. The van der Waals surface area contributed by atoms with Gasteiger partial charge in [-0.2, -0.15) is 0 Å². The number of methoxy groups -OCH3 is 3. The van der Waals surface area contributed by atoms with Gasteiger partial charge in [0.25, 0.3) is 5.91 Å². The van der Waals surface area contributed by atoms with E-state index in [0.717, 1.165) is 11.3 Å². The van der Waals surface area contributed by atoms with E-state index in [1.165, 1.54) is 0 Å². The van der Waals surface area contributed by atoms with Crippen LogP contribution in [0.4, 0.5) is 5.69 Å². The predicted molar refractivity (Wildman–Crippen MR) is 95.3 cm³/mol. The number of hydrogen-bond donors (Lipinski definition) is 2. The standard InChI is InChI=1S/C18H23N3O4/c1-23-9-8-20-18(22)15-11-14(6-7-19-15)21-12-13-4-5-16(24-2)17(10-13)25-3/h4-7,10-11H,8-9,12H2,1-3H3,(H,19,21)(H,20,22). The van der Waals surface area contributed by atoms with Crippen molar-refractivity contribution in [3.05, 3.63) is 47.8 Å². The largest absolute Gasteiger partial charge is 0.493 e. The van der Waals surface area contributed by atoms with E-state index in [4.69, 9.17) is 14.2 Å². The number of benzene rings is 1. The van der Waals surface area contributed by atoms with Crippen LogP contribution in [-0.4, -0.2) is 45.4 Å². The highest BCUT2D eigenvalue weighted by atomic mass is 16.5. The van der Waals surface area contributed by atoms with E-state index in [0.29, 0.717) is 36.9 Å². The highest BCUT2D eigenvalue weighted by Crippen LogP contribution is 2.27. The van der Waals surface area contributed by atoms with Gasteiger partial charge in [0, 0.05) is 32.1 Å². The Kier molecular flexibility index (Phi) is 7.03. The fourth-order valence-corrected chi connectivity index (χ4v) is 2.22. The molecule has 0 saturated carbocycles. The molecule has 7 heteroatoms. The molecule has 2 aromatic rings. The number of aromatic nitrogens is 1. The molecule has 0 aliphatic heterocycles. The zero-order chi connectivity index (χ0) is 18.1. The lowest BCUT2D eigenvalue weighted by atomic mass is 10.2. The van der Waals surface area contributed by atoms with Crippen LogP contribution in [0.5, 0.6) is 11.5 Å². The summed E-state index contributed by atoms with van der Waals surface area (Å²) in [6.45, 7) is 1.48. The van der Waals surface area contributed by atoms with Crippen LogP contribution in [0.2, 0.25) is 0 Å². The summed E-state index contributed by atoms with van der Waals surface area (Å²) in [5.74, 6) is 1.13. The van der Waals surface area contributed by atoms with Gasteiger partial charge in [-0.25, -0.2) is 0 Å². The zero-order valence-electron chi connectivity index (χ0n) is 14.7. The minimum Gasteiger partial charge on any atom is -0.493 e. The lowest BCUT2D eigenvalue weighted by Crippen LogP contribution is -2.27. The van der Waals surface area contributed by atoms with Crippen LogP contribution in [0.15, 0.2) is 36.5 Å². The Bertz CT molecular complexity index is 706. The smallest absolute Gasteiger partial charge is 0.270 e. The number of nitrogens with one attached hydrogen (secondary N) is 2. The van der Waals surface area contributed by atoms with Crippen molar-refractivity contribution in [2.75, 3.05) is 39.8 Å². The number of pyridine rings is 1. The summed E-state index contributed by atoms with van der Waals surface area (Å²) >= 11 is 0. The maximum Gasteiger partial charge on any atom is 0.270 e. The second kappa shape index (κ2) is 9.48.